The van der Waals surface area contributed by atoms with Gasteiger partial charge in [0.25, 0.3) is 5.91 Å². The molecule has 2 aromatic heterocycles. The number of para-hydroxylation sites is 2. The van der Waals surface area contributed by atoms with E-state index < -0.39 is 17.6 Å². The number of fused-ring (bicyclic) bond motifs is 1. The van der Waals surface area contributed by atoms with Crippen molar-refractivity contribution in [2.45, 2.75) is 13.1 Å². The van der Waals surface area contributed by atoms with Gasteiger partial charge in [-0.2, -0.15) is 13.2 Å². The van der Waals surface area contributed by atoms with Crippen molar-refractivity contribution < 1.29 is 18.0 Å². The summed E-state index contributed by atoms with van der Waals surface area (Å²) >= 11 is 0. The largest absolute Gasteiger partial charge is 0.416 e. The number of imidazole rings is 1. The molecule has 1 aliphatic heterocycles. The molecule has 46 heavy (non-hydrogen) atoms. The Morgan fingerprint density at radius 1 is 0.978 bits per heavy atom. The highest BCUT2D eigenvalue weighted by Crippen LogP contribution is 2.37. The number of amides is 1. The Hall–Kier alpha value is -5.01. The first-order chi connectivity index (χ1) is 22.1. The van der Waals surface area contributed by atoms with Gasteiger partial charge in [-0.1, -0.05) is 24.3 Å². The minimum atomic E-state index is -4.56. The monoisotopic (exact) mass is 629 g/mol. The number of benzene rings is 3. The average molecular weight is 630 g/mol. The van der Waals surface area contributed by atoms with Gasteiger partial charge in [-0.25, -0.2) is 15.0 Å². The van der Waals surface area contributed by atoms with E-state index >= 15 is 0 Å². The number of likely N-dealkylation sites (N-methyl/N-ethyl adjacent to an activating group) is 1. The molecule has 5 aromatic rings. The number of nitrogens with zero attached hydrogens (tertiary/aromatic N) is 6. The van der Waals surface area contributed by atoms with E-state index in [1.54, 1.807) is 12.1 Å². The SMILES string of the molecule is Cc1ccc(NC(=O)c2cccc(C(F)(F)F)c2)cc1N(c1cc(NCCN2CCN(C)CC2)ncn1)c1nc2ccccc2[nH]1. The molecule has 0 atom stereocenters. The van der Waals surface area contributed by atoms with Crippen LogP contribution in [0.1, 0.15) is 21.5 Å². The summed E-state index contributed by atoms with van der Waals surface area (Å²) in [5.74, 6) is 1.00. The summed E-state index contributed by atoms with van der Waals surface area (Å²) in [6, 6.07) is 19.1. The third kappa shape index (κ3) is 7.11. The number of piperazine rings is 1. The maximum absolute atomic E-state index is 13.3. The molecule has 1 amide bonds. The van der Waals surface area contributed by atoms with Crippen molar-refractivity contribution >= 4 is 45.9 Å². The van der Waals surface area contributed by atoms with Crippen molar-refractivity contribution in [1.29, 1.82) is 0 Å². The number of aryl methyl sites for hydroxylation is 1. The molecule has 13 heteroatoms. The average Bonchev–Trinajstić information content (AvgIpc) is 3.47. The first-order valence-corrected chi connectivity index (χ1v) is 14.9. The quantitative estimate of drug-likeness (QED) is 0.181. The normalized spacial score (nSPS) is 14.4. The van der Waals surface area contributed by atoms with Gasteiger partial charge in [0.2, 0.25) is 5.95 Å². The Morgan fingerprint density at radius 2 is 1.78 bits per heavy atom. The number of carbonyl (C=O) groups is 1. The number of halogens is 3. The predicted molar refractivity (Wildman–Crippen MR) is 173 cm³/mol. The summed E-state index contributed by atoms with van der Waals surface area (Å²) in [4.78, 5) is 36.8. The predicted octanol–water partition coefficient (Wildman–Crippen LogP) is 6.06. The summed E-state index contributed by atoms with van der Waals surface area (Å²) in [5, 5.41) is 6.16. The number of anilines is 5. The van der Waals surface area contributed by atoms with Crippen molar-refractivity contribution in [3.63, 3.8) is 0 Å². The highest BCUT2D eigenvalue weighted by Gasteiger charge is 2.31. The number of aromatic amines is 1. The Bertz CT molecular complexity index is 1800. The molecule has 10 nitrogen and oxygen atoms in total. The Kier molecular flexibility index (Phi) is 8.86. The van der Waals surface area contributed by atoms with Crippen LogP contribution < -0.4 is 15.5 Å². The number of nitrogens with one attached hydrogen (secondary N) is 3. The third-order valence-electron chi connectivity index (χ3n) is 7.96. The molecule has 3 heterocycles. The second kappa shape index (κ2) is 13.2. The standard InChI is InChI=1S/C33H34F3N9O/c1-22-10-11-25(40-31(46)23-6-5-7-24(18-23)33(34,35)36)19-28(22)45(32-41-26-8-3-4-9-27(26)42-32)30-20-29(38-21-39-30)37-12-13-44-16-14-43(2)15-17-44/h3-11,18-21H,12-17H2,1-2H3,(H,40,46)(H,41,42)(H,37,38,39). The van der Waals surface area contributed by atoms with Gasteiger partial charge in [-0.15, -0.1) is 0 Å². The van der Waals surface area contributed by atoms with Crippen molar-refractivity contribution in [2.24, 2.45) is 0 Å². The highest BCUT2D eigenvalue weighted by molar-refractivity contribution is 6.04. The lowest BCUT2D eigenvalue weighted by atomic mass is 10.1. The van der Waals surface area contributed by atoms with E-state index in [1.807, 2.05) is 48.2 Å². The van der Waals surface area contributed by atoms with Crippen LogP contribution in [0.15, 0.2) is 79.1 Å². The minimum absolute atomic E-state index is 0.103. The Balaban J connectivity index is 1.30. The molecule has 1 saturated heterocycles. The lowest BCUT2D eigenvalue weighted by molar-refractivity contribution is -0.137. The van der Waals surface area contributed by atoms with E-state index in [4.69, 9.17) is 4.98 Å². The topological polar surface area (TPSA) is 105 Å². The molecule has 1 fully saturated rings. The van der Waals surface area contributed by atoms with Crippen LogP contribution in [0.4, 0.5) is 42.1 Å². The Labute approximate surface area is 264 Å². The van der Waals surface area contributed by atoms with Gasteiger partial charge in [0.15, 0.2) is 0 Å². The summed E-state index contributed by atoms with van der Waals surface area (Å²) in [6.07, 6.45) is -3.08. The zero-order valence-corrected chi connectivity index (χ0v) is 25.5. The van der Waals surface area contributed by atoms with Crippen LogP contribution in [-0.2, 0) is 6.18 Å². The number of hydrogen-bond donors (Lipinski definition) is 3. The number of rotatable bonds is 9. The van der Waals surface area contributed by atoms with Crippen molar-refractivity contribution in [3.8, 4) is 0 Å². The first kappa shape index (κ1) is 31.0. The number of hydrogen-bond acceptors (Lipinski definition) is 8. The number of alkyl halides is 3. The van der Waals surface area contributed by atoms with Gasteiger partial charge in [0.05, 0.1) is 22.3 Å². The molecule has 0 bridgehead atoms. The van der Waals surface area contributed by atoms with Crippen LogP contribution in [0, 0.1) is 6.92 Å². The Morgan fingerprint density at radius 3 is 2.57 bits per heavy atom. The van der Waals surface area contributed by atoms with Gasteiger partial charge in [-0.3, -0.25) is 14.6 Å². The molecule has 0 saturated carbocycles. The fourth-order valence-electron chi connectivity index (χ4n) is 5.34. The van der Waals surface area contributed by atoms with E-state index in [9.17, 15) is 18.0 Å². The van der Waals surface area contributed by atoms with Crippen LogP contribution in [-0.4, -0.2) is 82.0 Å². The molecule has 0 radical (unpaired) electrons. The van der Waals surface area contributed by atoms with Gasteiger partial charge < -0.3 is 20.5 Å². The van der Waals surface area contributed by atoms with E-state index in [2.05, 4.69) is 42.4 Å². The lowest BCUT2D eigenvalue weighted by Crippen LogP contribution is -2.45. The molecule has 6 rings (SSSR count). The van der Waals surface area contributed by atoms with Gasteiger partial charge in [0.1, 0.15) is 18.0 Å². The number of aromatic nitrogens is 4. The molecule has 3 N–H and O–H groups in total. The molecular formula is C33H34F3N9O. The summed E-state index contributed by atoms with van der Waals surface area (Å²) < 4.78 is 39.8. The number of carbonyl (C=O) groups excluding carboxylic acids is 1. The van der Waals surface area contributed by atoms with Crippen molar-refractivity contribution in [1.82, 2.24) is 29.7 Å². The first-order valence-electron chi connectivity index (χ1n) is 14.9. The summed E-state index contributed by atoms with van der Waals surface area (Å²) in [5.41, 5.74) is 2.49. The van der Waals surface area contributed by atoms with E-state index in [0.29, 0.717) is 35.5 Å². The second-order valence-electron chi connectivity index (χ2n) is 11.3. The molecule has 1 aliphatic rings. The second-order valence-corrected chi connectivity index (χ2v) is 11.3. The van der Waals surface area contributed by atoms with Crippen LogP contribution in [0.2, 0.25) is 0 Å². The van der Waals surface area contributed by atoms with E-state index in [0.717, 1.165) is 61.5 Å². The summed E-state index contributed by atoms with van der Waals surface area (Å²) in [7, 11) is 2.13. The molecule has 0 unspecified atom stereocenters. The molecule has 0 aliphatic carbocycles. The smallest absolute Gasteiger partial charge is 0.369 e. The molecule has 3 aromatic carbocycles. The van der Waals surface area contributed by atoms with E-state index in [1.165, 1.54) is 18.5 Å². The molecular weight excluding hydrogens is 595 g/mol. The van der Waals surface area contributed by atoms with Crippen LogP contribution in [0.5, 0.6) is 0 Å². The van der Waals surface area contributed by atoms with Crippen LogP contribution >= 0.6 is 0 Å². The third-order valence-corrected chi connectivity index (χ3v) is 7.96. The fourth-order valence-corrected chi connectivity index (χ4v) is 5.34. The zero-order valence-electron chi connectivity index (χ0n) is 25.5. The molecule has 238 valence electrons. The fraction of sp³-hybridized carbons (Fsp3) is 0.273. The zero-order chi connectivity index (χ0) is 32.3. The van der Waals surface area contributed by atoms with Crippen LogP contribution in [0.25, 0.3) is 11.0 Å². The van der Waals surface area contributed by atoms with E-state index in [-0.39, 0.29) is 5.56 Å². The lowest BCUT2D eigenvalue weighted by Gasteiger charge is -2.32. The van der Waals surface area contributed by atoms with Gasteiger partial charge >= 0.3 is 6.18 Å². The summed E-state index contributed by atoms with van der Waals surface area (Å²) in [6.45, 7) is 7.64. The minimum Gasteiger partial charge on any atom is -0.369 e. The molecule has 0 spiro atoms. The van der Waals surface area contributed by atoms with Crippen molar-refractivity contribution in [3.05, 3.63) is 95.8 Å². The highest BCUT2D eigenvalue weighted by atomic mass is 19.4. The maximum Gasteiger partial charge on any atom is 0.416 e. The van der Waals surface area contributed by atoms with Gasteiger partial charge in [-0.05, 0) is 62.0 Å². The van der Waals surface area contributed by atoms with Gasteiger partial charge in [0, 0.05) is 56.6 Å². The number of H-pyrrole nitrogens is 1. The van der Waals surface area contributed by atoms with Crippen LogP contribution in [0.3, 0.4) is 0 Å². The van der Waals surface area contributed by atoms with Crippen molar-refractivity contribution in [2.75, 3.05) is 61.8 Å². The maximum atomic E-state index is 13.3.